The Bertz CT molecular complexity index is 750. The van der Waals surface area contributed by atoms with Crippen molar-refractivity contribution >= 4 is 17.3 Å². The van der Waals surface area contributed by atoms with Gasteiger partial charge in [0.25, 0.3) is 0 Å². The van der Waals surface area contributed by atoms with E-state index in [1.807, 2.05) is 6.07 Å². The highest BCUT2D eigenvalue weighted by molar-refractivity contribution is 5.89. The van der Waals surface area contributed by atoms with Gasteiger partial charge in [-0.15, -0.1) is 0 Å². The van der Waals surface area contributed by atoms with Crippen molar-refractivity contribution in [1.29, 1.82) is 0 Å². The lowest BCUT2D eigenvalue weighted by atomic mass is 10.0. The lowest BCUT2D eigenvalue weighted by Crippen LogP contribution is -2.29. The first kappa shape index (κ1) is 18.4. The van der Waals surface area contributed by atoms with E-state index < -0.39 is 5.82 Å². The molecule has 1 saturated heterocycles. The minimum absolute atomic E-state index is 0.215. The van der Waals surface area contributed by atoms with Crippen LogP contribution in [0.5, 0.6) is 0 Å². The van der Waals surface area contributed by atoms with Crippen LogP contribution in [0.4, 0.5) is 15.8 Å². The quantitative estimate of drug-likeness (QED) is 0.820. The highest BCUT2D eigenvalue weighted by atomic mass is 19.1. The third kappa shape index (κ3) is 4.82. The second-order valence-corrected chi connectivity index (χ2v) is 7.08. The smallest absolute Gasteiger partial charge is 0.221 e. The van der Waals surface area contributed by atoms with Crippen molar-refractivity contribution in [3.63, 3.8) is 0 Å². The molecular formula is C21H26FN3O. The Labute approximate surface area is 154 Å². The molecule has 26 heavy (non-hydrogen) atoms. The van der Waals surface area contributed by atoms with Gasteiger partial charge in [0, 0.05) is 31.7 Å². The first-order valence-electron chi connectivity index (χ1n) is 9.11. The highest BCUT2D eigenvalue weighted by Gasteiger charge is 2.27. The number of hydrogen-bond acceptors (Lipinski definition) is 3. The summed E-state index contributed by atoms with van der Waals surface area (Å²) >= 11 is 0. The summed E-state index contributed by atoms with van der Waals surface area (Å²) in [4.78, 5) is 13.7. The standard InChI is InChI=1S/C21H26FN3O/c1-15(23-19-8-9-20(22)21(12-19)24-16(2)26)18-10-11-25(14-18)13-17-6-4-3-5-7-17/h3-9,12,15,18,23H,10-11,13-14H2,1-2H3,(H,24,26)/t15-,18-/m1/s1. The van der Waals surface area contributed by atoms with Crippen LogP contribution in [0.2, 0.25) is 0 Å². The molecule has 3 rings (SSSR count). The van der Waals surface area contributed by atoms with E-state index in [4.69, 9.17) is 0 Å². The third-order valence-electron chi connectivity index (χ3n) is 4.94. The van der Waals surface area contributed by atoms with E-state index in [1.165, 1.54) is 18.6 Å². The van der Waals surface area contributed by atoms with E-state index in [2.05, 4.69) is 46.7 Å². The minimum Gasteiger partial charge on any atom is -0.382 e. The Balaban J connectivity index is 1.57. The molecule has 0 radical (unpaired) electrons. The molecule has 1 amide bonds. The Kier molecular flexibility index (Phi) is 5.89. The topological polar surface area (TPSA) is 44.4 Å². The van der Waals surface area contributed by atoms with E-state index in [0.29, 0.717) is 5.92 Å². The molecule has 0 unspecified atom stereocenters. The van der Waals surface area contributed by atoms with E-state index >= 15 is 0 Å². The van der Waals surface area contributed by atoms with Gasteiger partial charge in [0.05, 0.1) is 5.69 Å². The molecule has 2 N–H and O–H groups in total. The van der Waals surface area contributed by atoms with Crippen LogP contribution >= 0.6 is 0 Å². The van der Waals surface area contributed by atoms with Crippen molar-refractivity contribution in [2.75, 3.05) is 23.7 Å². The maximum atomic E-state index is 13.8. The van der Waals surface area contributed by atoms with E-state index in [1.54, 1.807) is 12.1 Å². The van der Waals surface area contributed by atoms with Crippen LogP contribution in [-0.4, -0.2) is 29.9 Å². The fraction of sp³-hybridized carbons (Fsp3) is 0.381. The van der Waals surface area contributed by atoms with Gasteiger partial charge in [0.2, 0.25) is 5.91 Å². The number of amides is 1. The Hall–Kier alpha value is -2.40. The molecule has 0 aromatic heterocycles. The molecule has 0 saturated carbocycles. The molecule has 5 heteroatoms. The number of anilines is 2. The number of carbonyl (C=O) groups is 1. The summed E-state index contributed by atoms with van der Waals surface area (Å²) in [5, 5.41) is 5.99. The average Bonchev–Trinajstić information content (AvgIpc) is 3.07. The van der Waals surface area contributed by atoms with Crippen molar-refractivity contribution in [2.45, 2.75) is 32.9 Å². The molecule has 2 aromatic rings. The fourth-order valence-corrected chi connectivity index (χ4v) is 3.54. The summed E-state index contributed by atoms with van der Waals surface area (Å²) in [6.45, 7) is 6.66. The van der Waals surface area contributed by atoms with Gasteiger partial charge in [-0.05, 0) is 49.6 Å². The van der Waals surface area contributed by atoms with Crippen molar-refractivity contribution in [2.24, 2.45) is 5.92 Å². The largest absolute Gasteiger partial charge is 0.382 e. The molecule has 1 aliphatic heterocycles. The van der Waals surface area contributed by atoms with Crippen LogP contribution in [0.1, 0.15) is 25.8 Å². The van der Waals surface area contributed by atoms with Crippen LogP contribution < -0.4 is 10.6 Å². The zero-order chi connectivity index (χ0) is 18.5. The Morgan fingerprint density at radius 2 is 2.04 bits per heavy atom. The van der Waals surface area contributed by atoms with Crippen molar-refractivity contribution < 1.29 is 9.18 Å². The summed E-state index contributed by atoms with van der Waals surface area (Å²) < 4.78 is 13.8. The maximum Gasteiger partial charge on any atom is 0.221 e. The van der Waals surface area contributed by atoms with Gasteiger partial charge in [0.15, 0.2) is 0 Å². The number of benzene rings is 2. The lowest BCUT2D eigenvalue weighted by Gasteiger charge is -2.23. The van der Waals surface area contributed by atoms with Crippen molar-refractivity contribution in [3.8, 4) is 0 Å². The number of carbonyl (C=O) groups excluding carboxylic acids is 1. The van der Waals surface area contributed by atoms with Crippen molar-refractivity contribution in [1.82, 2.24) is 4.90 Å². The number of likely N-dealkylation sites (tertiary alicyclic amines) is 1. The molecule has 1 aliphatic rings. The first-order valence-corrected chi connectivity index (χ1v) is 9.11. The molecule has 0 bridgehead atoms. The van der Waals surface area contributed by atoms with E-state index in [9.17, 15) is 9.18 Å². The third-order valence-corrected chi connectivity index (χ3v) is 4.94. The normalized spacial score (nSPS) is 18.5. The fourth-order valence-electron chi connectivity index (χ4n) is 3.54. The van der Waals surface area contributed by atoms with Gasteiger partial charge in [-0.25, -0.2) is 4.39 Å². The SMILES string of the molecule is CC(=O)Nc1cc(N[C@H](C)[C@@H]2CCN(Cc3ccccc3)C2)ccc1F. The minimum atomic E-state index is -0.423. The molecule has 2 atom stereocenters. The number of nitrogens with one attached hydrogen (secondary N) is 2. The molecule has 4 nitrogen and oxygen atoms in total. The summed E-state index contributed by atoms with van der Waals surface area (Å²) in [5.41, 5.74) is 2.38. The zero-order valence-electron chi connectivity index (χ0n) is 15.3. The predicted octanol–water partition coefficient (Wildman–Crippen LogP) is 4.11. The van der Waals surface area contributed by atoms with Gasteiger partial charge in [0.1, 0.15) is 5.82 Å². The van der Waals surface area contributed by atoms with Gasteiger partial charge in [-0.3, -0.25) is 9.69 Å². The van der Waals surface area contributed by atoms with Gasteiger partial charge in [-0.2, -0.15) is 0 Å². The second-order valence-electron chi connectivity index (χ2n) is 7.08. The van der Waals surface area contributed by atoms with E-state index in [-0.39, 0.29) is 17.6 Å². The Morgan fingerprint density at radius 3 is 2.77 bits per heavy atom. The van der Waals surface area contributed by atoms with Crippen molar-refractivity contribution in [3.05, 3.63) is 59.9 Å². The molecule has 2 aromatic carbocycles. The lowest BCUT2D eigenvalue weighted by molar-refractivity contribution is -0.114. The monoisotopic (exact) mass is 355 g/mol. The molecule has 0 aliphatic carbocycles. The summed E-state index contributed by atoms with van der Waals surface area (Å²) in [7, 11) is 0. The molecule has 1 fully saturated rings. The van der Waals surface area contributed by atoms with Gasteiger partial charge in [-0.1, -0.05) is 30.3 Å². The molecule has 138 valence electrons. The van der Waals surface area contributed by atoms with Crippen LogP contribution in [-0.2, 0) is 11.3 Å². The van der Waals surface area contributed by atoms with E-state index in [0.717, 1.165) is 31.7 Å². The second kappa shape index (κ2) is 8.32. The summed E-state index contributed by atoms with van der Waals surface area (Å²) in [6.07, 6.45) is 1.14. The molecular weight excluding hydrogens is 329 g/mol. The Morgan fingerprint density at radius 1 is 1.27 bits per heavy atom. The average molecular weight is 355 g/mol. The number of rotatable bonds is 6. The molecule has 1 heterocycles. The van der Waals surface area contributed by atoms with Crippen LogP contribution in [0, 0.1) is 11.7 Å². The van der Waals surface area contributed by atoms with Crippen LogP contribution in [0.3, 0.4) is 0 Å². The number of halogens is 1. The number of nitrogens with zero attached hydrogens (tertiary/aromatic N) is 1. The zero-order valence-corrected chi connectivity index (χ0v) is 15.3. The highest BCUT2D eigenvalue weighted by Crippen LogP contribution is 2.26. The van der Waals surface area contributed by atoms with Gasteiger partial charge >= 0.3 is 0 Å². The summed E-state index contributed by atoms with van der Waals surface area (Å²) in [6, 6.07) is 15.6. The van der Waals surface area contributed by atoms with Gasteiger partial charge < -0.3 is 10.6 Å². The summed E-state index contributed by atoms with van der Waals surface area (Å²) in [5.74, 6) is -0.164. The first-order chi connectivity index (χ1) is 12.5. The maximum absolute atomic E-state index is 13.8. The number of hydrogen-bond donors (Lipinski definition) is 2. The molecule has 0 spiro atoms. The van der Waals surface area contributed by atoms with Crippen LogP contribution in [0.25, 0.3) is 0 Å². The predicted molar refractivity (Wildman–Crippen MR) is 104 cm³/mol. The van der Waals surface area contributed by atoms with Crippen LogP contribution in [0.15, 0.2) is 48.5 Å².